The van der Waals surface area contributed by atoms with Crippen LogP contribution in [0.3, 0.4) is 0 Å². The molecule has 0 amide bonds. The van der Waals surface area contributed by atoms with E-state index in [-0.39, 0.29) is 0 Å². The molecule has 2 fully saturated rings. The number of carboxylic acid groups (broad SMARTS) is 2. The first-order valence-corrected chi connectivity index (χ1v) is 12.1. The number of halogens is 6. The van der Waals surface area contributed by atoms with E-state index < -0.39 is 24.3 Å². The van der Waals surface area contributed by atoms with Crippen molar-refractivity contribution in [3.8, 4) is 0 Å². The first kappa shape index (κ1) is 30.6. The Morgan fingerprint density at radius 2 is 1.62 bits per heavy atom. The second kappa shape index (κ2) is 12.8. The molecule has 2 N–H and O–H groups in total. The predicted octanol–water partition coefficient (Wildman–Crippen LogP) is 5.48. The maximum absolute atomic E-state index is 10.6. The average molecular weight is 559 g/mol. The Balaban J connectivity index is 0.000000286. The van der Waals surface area contributed by atoms with E-state index in [1.165, 1.54) is 43.6 Å². The van der Waals surface area contributed by atoms with Gasteiger partial charge in [-0.3, -0.25) is 9.80 Å². The molecule has 14 heteroatoms. The highest BCUT2D eigenvalue weighted by atomic mass is 32.1. The van der Waals surface area contributed by atoms with Gasteiger partial charge in [-0.15, -0.1) is 11.3 Å². The molecule has 1 aliphatic carbocycles. The highest BCUT2D eigenvalue weighted by Gasteiger charge is 2.49. The monoisotopic (exact) mass is 558 g/mol. The largest absolute Gasteiger partial charge is 0.490 e. The van der Waals surface area contributed by atoms with E-state index in [1.54, 1.807) is 6.26 Å². The van der Waals surface area contributed by atoms with Crippen molar-refractivity contribution in [3.63, 3.8) is 0 Å². The maximum Gasteiger partial charge on any atom is 0.490 e. The minimum absolute atomic E-state index is 0.563. The number of thiophene rings is 1. The summed E-state index contributed by atoms with van der Waals surface area (Å²) in [5.74, 6) is -4.43. The van der Waals surface area contributed by atoms with Crippen LogP contribution in [0.4, 0.5) is 26.3 Å². The van der Waals surface area contributed by atoms with Crippen LogP contribution in [0.15, 0.2) is 40.3 Å². The van der Waals surface area contributed by atoms with Crippen LogP contribution in [0.5, 0.6) is 0 Å². The minimum Gasteiger partial charge on any atom is -0.475 e. The Morgan fingerprint density at radius 3 is 2.00 bits per heavy atom. The van der Waals surface area contributed by atoms with Crippen LogP contribution in [0, 0.1) is 5.41 Å². The fraction of sp³-hybridized carbons (Fsp3) is 0.565. The molecule has 2 aromatic heterocycles. The van der Waals surface area contributed by atoms with Crippen molar-refractivity contribution < 1.29 is 50.6 Å². The molecule has 2 aromatic rings. The van der Waals surface area contributed by atoms with Crippen LogP contribution in [0.25, 0.3) is 0 Å². The zero-order chi connectivity index (χ0) is 27.9. The standard InChI is InChI=1S/C19H26N2OS.2C2HF3O2/c1-20(14-16-4-2-12-22-16)18-6-7-19(18)8-10-21(11-9-19)15-17-5-3-13-23-17;2*3-2(4,5)1(6)7/h2-5,12-13,18H,6-11,14-15H2,1H3;2*(H,6,7). The van der Waals surface area contributed by atoms with Gasteiger partial charge in [0.1, 0.15) is 5.76 Å². The van der Waals surface area contributed by atoms with Crippen LogP contribution in [-0.2, 0) is 22.7 Å². The van der Waals surface area contributed by atoms with Crippen molar-refractivity contribution in [3.05, 3.63) is 46.5 Å². The van der Waals surface area contributed by atoms with Crippen LogP contribution < -0.4 is 0 Å². The summed E-state index contributed by atoms with van der Waals surface area (Å²) < 4.78 is 69.0. The first-order chi connectivity index (χ1) is 17.1. The van der Waals surface area contributed by atoms with Gasteiger partial charge in [0.15, 0.2) is 0 Å². The number of furan rings is 1. The number of hydrogen-bond acceptors (Lipinski definition) is 6. The van der Waals surface area contributed by atoms with Gasteiger partial charge in [0.05, 0.1) is 12.8 Å². The fourth-order valence-electron chi connectivity index (χ4n) is 4.49. The SMILES string of the molecule is CN(Cc1ccco1)C1CCC12CCN(Cc1cccs1)CC2.O=C(O)C(F)(F)F.O=C(O)C(F)(F)F. The van der Waals surface area contributed by atoms with Crippen molar-refractivity contribution in [2.24, 2.45) is 5.41 Å². The molecular formula is C23H28F6N2O5S. The molecule has 1 spiro atoms. The van der Waals surface area contributed by atoms with Crippen molar-refractivity contribution in [1.29, 1.82) is 0 Å². The number of carboxylic acids is 2. The van der Waals surface area contributed by atoms with Gasteiger partial charge in [-0.25, -0.2) is 9.59 Å². The predicted molar refractivity (Wildman–Crippen MR) is 122 cm³/mol. The van der Waals surface area contributed by atoms with Gasteiger partial charge in [-0.05, 0) is 74.8 Å². The Hall–Kier alpha value is -2.58. The van der Waals surface area contributed by atoms with Crippen LogP contribution in [0.1, 0.15) is 36.3 Å². The van der Waals surface area contributed by atoms with Crippen LogP contribution >= 0.6 is 11.3 Å². The van der Waals surface area contributed by atoms with E-state index in [0.717, 1.165) is 24.9 Å². The number of alkyl halides is 6. The van der Waals surface area contributed by atoms with Gasteiger partial charge >= 0.3 is 24.3 Å². The summed E-state index contributed by atoms with van der Waals surface area (Å²) in [5, 5.41) is 16.4. The topological polar surface area (TPSA) is 94.2 Å². The summed E-state index contributed by atoms with van der Waals surface area (Å²) in [7, 11) is 2.27. The molecule has 0 aromatic carbocycles. The number of likely N-dealkylation sites (tertiary alicyclic amines) is 1. The Bertz CT molecular complexity index is 947. The molecule has 1 atom stereocenters. The Morgan fingerprint density at radius 1 is 1.05 bits per heavy atom. The molecule has 1 saturated carbocycles. The summed E-state index contributed by atoms with van der Waals surface area (Å²) >= 11 is 1.88. The lowest BCUT2D eigenvalue weighted by atomic mass is 9.59. The van der Waals surface area contributed by atoms with Crippen molar-refractivity contribution in [1.82, 2.24) is 9.80 Å². The van der Waals surface area contributed by atoms with Gasteiger partial charge in [0, 0.05) is 17.5 Å². The quantitative estimate of drug-likeness (QED) is 0.469. The molecule has 0 radical (unpaired) electrons. The summed E-state index contributed by atoms with van der Waals surface area (Å²) in [6, 6.07) is 9.24. The summed E-state index contributed by atoms with van der Waals surface area (Å²) in [5.41, 5.74) is 0.563. The molecular weight excluding hydrogens is 530 g/mol. The average Bonchev–Trinajstić information content (AvgIpc) is 3.47. The number of aliphatic carboxylic acids is 2. The van der Waals surface area contributed by atoms with Gasteiger partial charge in [-0.1, -0.05) is 6.07 Å². The number of nitrogens with zero attached hydrogens (tertiary/aromatic N) is 2. The van der Waals surface area contributed by atoms with E-state index >= 15 is 0 Å². The molecule has 208 valence electrons. The summed E-state index contributed by atoms with van der Waals surface area (Å²) in [4.78, 5) is 24.5. The molecule has 7 nitrogen and oxygen atoms in total. The maximum atomic E-state index is 10.6. The van der Waals surface area contributed by atoms with Crippen LogP contribution in [-0.4, -0.2) is 70.5 Å². The molecule has 0 bridgehead atoms. The molecule has 1 saturated heterocycles. The second-order valence-electron chi connectivity index (χ2n) is 8.87. The normalized spacial score (nSPS) is 19.3. The third-order valence-electron chi connectivity index (χ3n) is 6.44. The number of piperidine rings is 1. The van der Waals surface area contributed by atoms with E-state index in [1.807, 2.05) is 17.4 Å². The number of rotatable bonds is 5. The van der Waals surface area contributed by atoms with Crippen molar-refractivity contribution in [2.75, 3.05) is 20.1 Å². The third kappa shape index (κ3) is 9.34. The molecule has 37 heavy (non-hydrogen) atoms. The smallest absolute Gasteiger partial charge is 0.475 e. The second-order valence-corrected chi connectivity index (χ2v) is 9.90. The van der Waals surface area contributed by atoms with E-state index in [2.05, 4.69) is 40.4 Å². The van der Waals surface area contributed by atoms with Gasteiger partial charge < -0.3 is 14.6 Å². The third-order valence-corrected chi connectivity index (χ3v) is 7.30. The summed E-state index contributed by atoms with van der Waals surface area (Å²) in [6.45, 7) is 4.59. The van der Waals surface area contributed by atoms with E-state index in [9.17, 15) is 26.3 Å². The number of carbonyl (C=O) groups is 2. The Kier molecular flexibility index (Phi) is 10.6. The summed E-state index contributed by atoms with van der Waals surface area (Å²) in [6.07, 6.45) is -2.92. The van der Waals surface area contributed by atoms with E-state index in [0.29, 0.717) is 5.41 Å². The highest BCUT2D eigenvalue weighted by Crippen LogP contribution is 2.51. The lowest BCUT2D eigenvalue weighted by Crippen LogP contribution is -2.57. The molecule has 1 unspecified atom stereocenters. The zero-order valence-corrected chi connectivity index (χ0v) is 20.7. The van der Waals surface area contributed by atoms with Crippen LogP contribution in [0.2, 0.25) is 0 Å². The van der Waals surface area contributed by atoms with Gasteiger partial charge in [0.2, 0.25) is 0 Å². The van der Waals surface area contributed by atoms with Crippen molar-refractivity contribution >= 4 is 23.3 Å². The number of hydrogen-bond donors (Lipinski definition) is 2. The van der Waals surface area contributed by atoms with Gasteiger partial charge in [0.25, 0.3) is 0 Å². The molecule has 1 aliphatic heterocycles. The first-order valence-electron chi connectivity index (χ1n) is 11.2. The van der Waals surface area contributed by atoms with E-state index in [4.69, 9.17) is 24.2 Å². The Labute approximate surface area is 213 Å². The molecule has 4 rings (SSSR count). The van der Waals surface area contributed by atoms with Crippen molar-refractivity contribution in [2.45, 2.75) is 57.2 Å². The fourth-order valence-corrected chi connectivity index (χ4v) is 5.24. The lowest BCUT2D eigenvalue weighted by molar-refractivity contribution is -0.193. The lowest BCUT2D eigenvalue weighted by Gasteiger charge is -2.57. The van der Waals surface area contributed by atoms with Gasteiger partial charge in [-0.2, -0.15) is 26.3 Å². The highest BCUT2D eigenvalue weighted by molar-refractivity contribution is 7.09. The zero-order valence-electron chi connectivity index (χ0n) is 19.9. The molecule has 2 aliphatic rings. The molecule has 3 heterocycles. The minimum atomic E-state index is -5.08.